The number of hydrogen-bond acceptors (Lipinski definition) is 1. The summed E-state index contributed by atoms with van der Waals surface area (Å²) in [5.41, 5.74) is 2.59. The monoisotopic (exact) mass is 453 g/mol. The van der Waals surface area contributed by atoms with E-state index in [1.165, 1.54) is 63.9 Å². The van der Waals surface area contributed by atoms with E-state index in [4.69, 9.17) is 0 Å². The standard InChI is InChI=1S/C31H51NO/c1-8-29(33)32(7)24-16-18-30(5)23(20-24)12-13-25-27-15-14-26(22(4)11-9-10-21(2)3)31(27,6)19-17-28(25)30/h8,12,21-22,24-28H,1,9-11,13-20H2,2-7H3/t22-,24+,25+,26?,27+,28+,30+,31-/m1/s1. The quantitative estimate of drug-likeness (QED) is 0.282. The molecule has 1 amide bonds. The normalized spacial score (nSPS) is 40.9. The van der Waals surface area contributed by atoms with E-state index in [1.807, 2.05) is 11.9 Å². The largest absolute Gasteiger partial charge is 0.339 e. The van der Waals surface area contributed by atoms with Gasteiger partial charge in [-0.25, -0.2) is 0 Å². The van der Waals surface area contributed by atoms with Crippen LogP contribution in [0.25, 0.3) is 0 Å². The van der Waals surface area contributed by atoms with Crippen molar-refractivity contribution in [2.75, 3.05) is 7.05 Å². The molecule has 1 unspecified atom stereocenters. The molecule has 0 saturated heterocycles. The van der Waals surface area contributed by atoms with Gasteiger partial charge < -0.3 is 4.90 Å². The highest BCUT2D eigenvalue weighted by atomic mass is 16.2. The van der Waals surface area contributed by atoms with Crippen LogP contribution in [-0.4, -0.2) is 23.9 Å². The summed E-state index contributed by atoms with van der Waals surface area (Å²) in [6, 6.07) is 0.350. The molecule has 33 heavy (non-hydrogen) atoms. The van der Waals surface area contributed by atoms with Crippen LogP contribution in [0.3, 0.4) is 0 Å². The average molecular weight is 454 g/mol. The molecular formula is C31H51NO. The molecule has 4 aliphatic carbocycles. The zero-order valence-electron chi connectivity index (χ0n) is 22.5. The number of fused-ring (bicyclic) bond motifs is 5. The van der Waals surface area contributed by atoms with Crippen LogP contribution >= 0.6 is 0 Å². The van der Waals surface area contributed by atoms with Crippen LogP contribution in [-0.2, 0) is 4.79 Å². The summed E-state index contributed by atoms with van der Waals surface area (Å²) in [5, 5.41) is 0. The van der Waals surface area contributed by atoms with Crippen molar-refractivity contribution >= 4 is 5.91 Å². The van der Waals surface area contributed by atoms with E-state index in [0.717, 1.165) is 48.3 Å². The molecule has 8 atom stereocenters. The lowest BCUT2D eigenvalue weighted by atomic mass is 9.47. The molecule has 0 N–H and O–H groups in total. The van der Waals surface area contributed by atoms with Crippen molar-refractivity contribution in [3.63, 3.8) is 0 Å². The molecule has 0 spiro atoms. The molecule has 0 heterocycles. The van der Waals surface area contributed by atoms with Gasteiger partial charge in [-0.3, -0.25) is 4.79 Å². The van der Waals surface area contributed by atoms with Gasteiger partial charge in [0.1, 0.15) is 0 Å². The van der Waals surface area contributed by atoms with Gasteiger partial charge in [0.05, 0.1) is 0 Å². The van der Waals surface area contributed by atoms with Crippen molar-refractivity contribution in [3.05, 3.63) is 24.3 Å². The van der Waals surface area contributed by atoms with Crippen molar-refractivity contribution in [3.8, 4) is 0 Å². The third-order valence-electron chi connectivity index (χ3n) is 11.3. The predicted octanol–water partition coefficient (Wildman–Crippen LogP) is 8.04. The Labute approximate surface area is 204 Å². The fourth-order valence-electron chi connectivity index (χ4n) is 9.32. The van der Waals surface area contributed by atoms with Gasteiger partial charge in [-0.2, -0.15) is 0 Å². The predicted molar refractivity (Wildman–Crippen MR) is 140 cm³/mol. The molecule has 0 bridgehead atoms. The topological polar surface area (TPSA) is 20.3 Å². The van der Waals surface area contributed by atoms with Crippen LogP contribution in [0.5, 0.6) is 0 Å². The maximum absolute atomic E-state index is 12.2. The van der Waals surface area contributed by atoms with Gasteiger partial charge in [0.15, 0.2) is 0 Å². The zero-order valence-corrected chi connectivity index (χ0v) is 22.5. The summed E-state index contributed by atoms with van der Waals surface area (Å²) < 4.78 is 0. The number of carbonyl (C=O) groups is 1. The van der Waals surface area contributed by atoms with Crippen LogP contribution in [0, 0.1) is 46.3 Å². The van der Waals surface area contributed by atoms with Crippen LogP contribution in [0.4, 0.5) is 0 Å². The summed E-state index contributed by atoms with van der Waals surface area (Å²) in [4.78, 5) is 14.2. The highest BCUT2D eigenvalue weighted by Gasteiger charge is 2.59. The molecule has 3 fully saturated rings. The smallest absolute Gasteiger partial charge is 0.245 e. The van der Waals surface area contributed by atoms with Crippen molar-refractivity contribution < 1.29 is 4.79 Å². The Hall–Kier alpha value is -1.05. The van der Waals surface area contributed by atoms with Gasteiger partial charge in [0.2, 0.25) is 5.91 Å². The Balaban J connectivity index is 1.47. The molecular weight excluding hydrogens is 402 g/mol. The average Bonchev–Trinajstić information content (AvgIpc) is 3.14. The molecule has 4 rings (SSSR count). The highest BCUT2D eigenvalue weighted by Crippen LogP contribution is 2.67. The van der Waals surface area contributed by atoms with Crippen molar-refractivity contribution in [1.29, 1.82) is 0 Å². The Morgan fingerprint density at radius 3 is 2.58 bits per heavy atom. The SMILES string of the molecule is C=CC(=O)N(C)[C@H]1CC[C@@]2(C)C(=CC[C@@H]3[C@@H]2CC[C@]2(C)C([C@H](C)CCCC(C)C)CC[C@@H]32)C1. The second kappa shape index (κ2) is 9.54. The Morgan fingerprint density at radius 1 is 1.12 bits per heavy atom. The molecule has 0 radical (unpaired) electrons. The van der Waals surface area contributed by atoms with Crippen molar-refractivity contribution in [2.45, 2.75) is 111 Å². The second-order valence-electron chi connectivity index (χ2n) is 13.3. The minimum absolute atomic E-state index is 0.0748. The van der Waals surface area contributed by atoms with E-state index in [9.17, 15) is 4.79 Å². The molecule has 0 aromatic rings. The molecule has 186 valence electrons. The summed E-state index contributed by atoms with van der Waals surface area (Å²) >= 11 is 0. The Morgan fingerprint density at radius 2 is 1.88 bits per heavy atom. The third kappa shape index (κ3) is 4.38. The van der Waals surface area contributed by atoms with Crippen LogP contribution < -0.4 is 0 Å². The first kappa shape index (κ1) is 25.1. The number of likely N-dealkylation sites (N-methyl/N-ethyl adjacent to an activating group) is 1. The number of carbonyl (C=O) groups excluding carboxylic acids is 1. The van der Waals surface area contributed by atoms with Crippen LogP contribution in [0.15, 0.2) is 24.3 Å². The lowest BCUT2D eigenvalue weighted by molar-refractivity contribution is -0.127. The summed E-state index contributed by atoms with van der Waals surface area (Å²) in [5.74, 6) is 5.39. The van der Waals surface area contributed by atoms with Gasteiger partial charge in [-0.1, -0.05) is 72.1 Å². The lowest BCUT2D eigenvalue weighted by Crippen LogP contribution is -2.52. The minimum Gasteiger partial charge on any atom is -0.339 e. The molecule has 3 saturated carbocycles. The molecule has 0 aromatic carbocycles. The van der Waals surface area contributed by atoms with Crippen molar-refractivity contribution in [2.24, 2.45) is 46.3 Å². The summed E-state index contributed by atoms with van der Waals surface area (Å²) in [6.45, 7) is 16.3. The maximum atomic E-state index is 12.2. The minimum atomic E-state index is 0.0748. The van der Waals surface area contributed by atoms with E-state index < -0.39 is 0 Å². The number of rotatable bonds is 7. The van der Waals surface area contributed by atoms with E-state index in [1.54, 1.807) is 5.57 Å². The highest BCUT2D eigenvalue weighted by molar-refractivity contribution is 5.87. The second-order valence-corrected chi connectivity index (χ2v) is 13.3. The maximum Gasteiger partial charge on any atom is 0.245 e. The van der Waals surface area contributed by atoms with Crippen LogP contribution in [0.1, 0.15) is 105 Å². The van der Waals surface area contributed by atoms with Gasteiger partial charge in [0, 0.05) is 13.1 Å². The summed E-state index contributed by atoms with van der Waals surface area (Å²) in [7, 11) is 1.97. The number of amides is 1. The Bertz CT molecular complexity index is 767. The Kier molecular flexibility index (Phi) is 7.24. The fourth-order valence-corrected chi connectivity index (χ4v) is 9.32. The first-order chi connectivity index (χ1) is 15.6. The van der Waals surface area contributed by atoms with Gasteiger partial charge in [-0.05, 0) is 104 Å². The molecule has 2 nitrogen and oxygen atoms in total. The first-order valence-electron chi connectivity index (χ1n) is 14.2. The van der Waals surface area contributed by atoms with E-state index >= 15 is 0 Å². The molecule has 0 aliphatic heterocycles. The molecule has 2 heteroatoms. The van der Waals surface area contributed by atoms with E-state index in [-0.39, 0.29) is 5.91 Å². The van der Waals surface area contributed by atoms with Gasteiger partial charge in [0.25, 0.3) is 0 Å². The van der Waals surface area contributed by atoms with Crippen LogP contribution in [0.2, 0.25) is 0 Å². The number of allylic oxidation sites excluding steroid dienone is 1. The van der Waals surface area contributed by atoms with Crippen molar-refractivity contribution in [1.82, 2.24) is 4.90 Å². The fraction of sp³-hybridized carbons (Fsp3) is 0.839. The van der Waals surface area contributed by atoms with Gasteiger partial charge in [-0.15, -0.1) is 0 Å². The van der Waals surface area contributed by atoms with E-state index in [0.29, 0.717) is 16.9 Å². The van der Waals surface area contributed by atoms with E-state index in [2.05, 4.69) is 47.3 Å². The number of nitrogens with zero attached hydrogens (tertiary/aromatic N) is 1. The first-order valence-corrected chi connectivity index (χ1v) is 14.2. The molecule has 4 aliphatic rings. The lowest BCUT2D eigenvalue weighted by Gasteiger charge is -2.59. The zero-order chi connectivity index (χ0) is 24.0. The summed E-state index contributed by atoms with van der Waals surface area (Å²) in [6.07, 6.45) is 18.9. The molecule has 0 aromatic heterocycles. The third-order valence-corrected chi connectivity index (χ3v) is 11.3. The number of hydrogen-bond donors (Lipinski definition) is 0. The van der Waals surface area contributed by atoms with Gasteiger partial charge >= 0.3 is 0 Å².